The van der Waals surface area contributed by atoms with E-state index >= 15 is 0 Å². The van der Waals surface area contributed by atoms with Crippen molar-refractivity contribution in [2.75, 3.05) is 12.4 Å². The molecule has 0 saturated carbocycles. The highest BCUT2D eigenvalue weighted by atomic mass is 35.5. The van der Waals surface area contributed by atoms with E-state index in [2.05, 4.69) is 15.8 Å². The molecule has 0 spiro atoms. The number of ether oxygens (including phenoxy) is 2. The first kappa shape index (κ1) is 23.8. The molecule has 0 aliphatic carbocycles. The van der Waals surface area contributed by atoms with E-state index in [0.29, 0.717) is 34.4 Å². The maximum absolute atomic E-state index is 12.0. The highest BCUT2D eigenvalue weighted by Crippen LogP contribution is 2.18. The molecule has 0 radical (unpaired) electrons. The number of hydrogen-bond acceptors (Lipinski definition) is 5. The van der Waals surface area contributed by atoms with Gasteiger partial charge >= 0.3 is 0 Å². The largest absolute Gasteiger partial charge is 0.497 e. The molecule has 0 saturated heterocycles. The molecular weight excluding hydrogens is 442 g/mol. The van der Waals surface area contributed by atoms with Gasteiger partial charge in [-0.15, -0.1) is 0 Å². The standard InChI is InChI=1S/C25H24ClN3O4/c1-32-22-12-10-21(11-13-22)28-24(30)14-15-25(31)29-27-16-19-4-2-3-5-23(19)33-17-18-6-8-20(26)9-7-18/h2-13,16H,14-15,17H2,1H3,(H,28,30)(H,29,31). The van der Waals surface area contributed by atoms with Gasteiger partial charge < -0.3 is 14.8 Å². The van der Waals surface area contributed by atoms with Crippen LogP contribution in [-0.4, -0.2) is 25.1 Å². The second-order valence-electron chi connectivity index (χ2n) is 7.02. The Kier molecular flexibility index (Phi) is 8.85. The van der Waals surface area contributed by atoms with Crippen molar-refractivity contribution in [2.45, 2.75) is 19.4 Å². The van der Waals surface area contributed by atoms with Crippen LogP contribution in [0.3, 0.4) is 0 Å². The summed E-state index contributed by atoms with van der Waals surface area (Å²) >= 11 is 5.90. The van der Waals surface area contributed by atoms with E-state index in [0.717, 1.165) is 5.56 Å². The van der Waals surface area contributed by atoms with Gasteiger partial charge in [-0.3, -0.25) is 9.59 Å². The number of carbonyl (C=O) groups excluding carboxylic acids is 2. The molecule has 2 N–H and O–H groups in total. The predicted molar refractivity (Wildman–Crippen MR) is 129 cm³/mol. The molecular formula is C25H24ClN3O4. The van der Waals surface area contributed by atoms with Crippen LogP contribution in [0.4, 0.5) is 5.69 Å². The Morgan fingerprint density at radius 3 is 2.36 bits per heavy atom. The molecule has 0 fully saturated rings. The van der Waals surface area contributed by atoms with E-state index < -0.39 is 0 Å². The molecule has 33 heavy (non-hydrogen) atoms. The van der Waals surface area contributed by atoms with Crippen LogP contribution in [0.25, 0.3) is 0 Å². The summed E-state index contributed by atoms with van der Waals surface area (Å²) in [5.41, 5.74) is 4.76. The summed E-state index contributed by atoms with van der Waals surface area (Å²) in [5.74, 6) is 0.697. The van der Waals surface area contributed by atoms with Crippen LogP contribution in [0.1, 0.15) is 24.0 Å². The first-order valence-electron chi connectivity index (χ1n) is 10.3. The first-order chi connectivity index (χ1) is 16.0. The number of rotatable bonds is 10. The number of para-hydroxylation sites is 1. The number of nitrogens with zero attached hydrogens (tertiary/aromatic N) is 1. The quantitative estimate of drug-likeness (QED) is 0.332. The Morgan fingerprint density at radius 2 is 1.64 bits per heavy atom. The van der Waals surface area contributed by atoms with E-state index in [1.165, 1.54) is 6.21 Å². The lowest BCUT2D eigenvalue weighted by atomic mass is 10.2. The van der Waals surface area contributed by atoms with Crippen molar-refractivity contribution in [1.29, 1.82) is 0 Å². The third-order valence-electron chi connectivity index (χ3n) is 4.57. The zero-order valence-corrected chi connectivity index (χ0v) is 18.8. The van der Waals surface area contributed by atoms with Gasteiger partial charge in [-0.05, 0) is 54.1 Å². The second-order valence-corrected chi connectivity index (χ2v) is 7.46. The van der Waals surface area contributed by atoms with Crippen LogP contribution in [0.15, 0.2) is 77.9 Å². The number of carbonyl (C=O) groups is 2. The summed E-state index contributed by atoms with van der Waals surface area (Å²) in [6.45, 7) is 0.373. The van der Waals surface area contributed by atoms with Crippen molar-refractivity contribution in [1.82, 2.24) is 5.43 Å². The van der Waals surface area contributed by atoms with E-state index in [1.807, 2.05) is 36.4 Å². The van der Waals surface area contributed by atoms with Gasteiger partial charge in [-0.1, -0.05) is 35.9 Å². The lowest BCUT2D eigenvalue weighted by Gasteiger charge is -2.09. The minimum Gasteiger partial charge on any atom is -0.497 e. The fraction of sp³-hybridized carbons (Fsp3) is 0.160. The highest BCUT2D eigenvalue weighted by molar-refractivity contribution is 6.30. The fourth-order valence-corrected chi connectivity index (χ4v) is 2.94. The van der Waals surface area contributed by atoms with Crippen molar-refractivity contribution >= 4 is 35.3 Å². The molecule has 0 bridgehead atoms. The van der Waals surface area contributed by atoms with Gasteiger partial charge in [0.1, 0.15) is 18.1 Å². The molecule has 0 unspecified atom stereocenters. The lowest BCUT2D eigenvalue weighted by molar-refractivity contribution is -0.124. The van der Waals surface area contributed by atoms with Crippen LogP contribution in [0.5, 0.6) is 11.5 Å². The molecule has 3 aromatic rings. The predicted octanol–water partition coefficient (Wildman–Crippen LogP) is 4.80. The second kappa shape index (κ2) is 12.3. The maximum Gasteiger partial charge on any atom is 0.240 e. The summed E-state index contributed by atoms with van der Waals surface area (Å²) in [6.07, 6.45) is 1.55. The number of nitrogens with one attached hydrogen (secondary N) is 2. The molecule has 0 aliphatic rings. The minimum atomic E-state index is -0.365. The topological polar surface area (TPSA) is 89.0 Å². The molecule has 3 aromatic carbocycles. The summed E-state index contributed by atoms with van der Waals surface area (Å²) < 4.78 is 10.9. The van der Waals surface area contributed by atoms with E-state index in [1.54, 1.807) is 43.5 Å². The molecule has 7 nitrogen and oxygen atoms in total. The average Bonchev–Trinajstić information content (AvgIpc) is 2.83. The molecule has 0 heterocycles. The number of anilines is 1. The SMILES string of the molecule is COc1ccc(NC(=O)CCC(=O)NN=Cc2ccccc2OCc2ccc(Cl)cc2)cc1. The number of halogens is 1. The van der Waals surface area contributed by atoms with Gasteiger partial charge in [0.15, 0.2) is 0 Å². The van der Waals surface area contributed by atoms with Crippen molar-refractivity contribution in [2.24, 2.45) is 5.10 Å². The summed E-state index contributed by atoms with van der Waals surface area (Å²) in [5, 5.41) is 7.38. The smallest absolute Gasteiger partial charge is 0.240 e. The summed E-state index contributed by atoms with van der Waals surface area (Å²) in [6, 6.07) is 21.7. The minimum absolute atomic E-state index is 0.00798. The monoisotopic (exact) mass is 465 g/mol. The van der Waals surface area contributed by atoms with Crippen LogP contribution in [-0.2, 0) is 16.2 Å². The summed E-state index contributed by atoms with van der Waals surface area (Å²) in [4.78, 5) is 24.1. The molecule has 3 rings (SSSR count). The molecule has 8 heteroatoms. The number of methoxy groups -OCH3 is 1. The van der Waals surface area contributed by atoms with Crippen LogP contribution in [0, 0.1) is 0 Å². The third-order valence-corrected chi connectivity index (χ3v) is 4.82. The normalized spacial score (nSPS) is 10.6. The van der Waals surface area contributed by atoms with Gasteiger partial charge in [0.05, 0.1) is 13.3 Å². The van der Waals surface area contributed by atoms with Gasteiger partial charge in [0.2, 0.25) is 11.8 Å². The van der Waals surface area contributed by atoms with E-state index in [4.69, 9.17) is 21.1 Å². The maximum atomic E-state index is 12.0. The number of hydrogen-bond donors (Lipinski definition) is 2. The molecule has 2 amide bonds. The molecule has 170 valence electrons. The van der Waals surface area contributed by atoms with E-state index in [9.17, 15) is 9.59 Å². The van der Waals surface area contributed by atoms with Crippen LogP contribution in [0.2, 0.25) is 5.02 Å². The van der Waals surface area contributed by atoms with Crippen LogP contribution >= 0.6 is 11.6 Å². The van der Waals surface area contributed by atoms with Crippen molar-refractivity contribution in [3.8, 4) is 11.5 Å². The van der Waals surface area contributed by atoms with Crippen LogP contribution < -0.4 is 20.2 Å². The third kappa shape index (κ3) is 7.97. The number of hydrazone groups is 1. The van der Waals surface area contributed by atoms with Gasteiger partial charge in [-0.25, -0.2) is 5.43 Å². The zero-order valence-electron chi connectivity index (χ0n) is 18.1. The Labute approximate surface area is 197 Å². The summed E-state index contributed by atoms with van der Waals surface area (Å²) in [7, 11) is 1.57. The zero-order chi connectivity index (χ0) is 23.5. The Morgan fingerprint density at radius 1 is 0.939 bits per heavy atom. The van der Waals surface area contributed by atoms with Crippen molar-refractivity contribution < 1.29 is 19.1 Å². The lowest BCUT2D eigenvalue weighted by Crippen LogP contribution is -2.20. The molecule has 0 aromatic heterocycles. The first-order valence-corrected chi connectivity index (χ1v) is 10.6. The van der Waals surface area contributed by atoms with Crippen molar-refractivity contribution in [3.63, 3.8) is 0 Å². The number of benzene rings is 3. The molecule has 0 aliphatic heterocycles. The van der Waals surface area contributed by atoms with Crippen molar-refractivity contribution in [3.05, 3.63) is 88.9 Å². The van der Waals surface area contributed by atoms with Gasteiger partial charge in [0, 0.05) is 29.1 Å². The Bertz CT molecular complexity index is 1100. The van der Waals surface area contributed by atoms with Gasteiger partial charge in [0.25, 0.3) is 0 Å². The Hall–Kier alpha value is -3.84. The molecule has 0 atom stereocenters. The fourth-order valence-electron chi connectivity index (χ4n) is 2.81. The Balaban J connectivity index is 1.44. The number of amides is 2. The van der Waals surface area contributed by atoms with E-state index in [-0.39, 0.29) is 24.7 Å². The average molecular weight is 466 g/mol. The highest BCUT2D eigenvalue weighted by Gasteiger charge is 2.07. The van der Waals surface area contributed by atoms with Gasteiger partial charge in [-0.2, -0.15) is 5.10 Å².